The Bertz CT molecular complexity index is 876. The Morgan fingerprint density at radius 2 is 1.96 bits per heavy atom. The summed E-state index contributed by atoms with van der Waals surface area (Å²) in [6.07, 6.45) is 2.13. The summed E-state index contributed by atoms with van der Waals surface area (Å²) in [6.45, 7) is 4.23. The van der Waals surface area contributed by atoms with Gasteiger partial charge < -0.3 is 4.90 Å². The second kappa shape index (κ2) is 6.59. The van der Waals surface area contributed by atoms with Crippen LogP contribution in [0, 0.1) is 0 Å². The molecule has 1 aliphatic heterocycles. The quantitative estimate of drug-likeness (QED) is 0.848. The molecule has 0 bridgehead atoms. The molecule has 0 aliphatic carbocycles. The highest BCUT2D eigenvalue weighted by atomic mass is 32.2. The molecule has 5 nitrogen and oxygen atoms in total. The van der Waals surface area contributed by atoms with E-state index >= 15 is 0 Å². The van der Waals surface area contributed by atoms with E-state index in [-0.39, 0.29) is 17.3 Å². The molecule has 2 aromatic carbocycles. The third-order valence-electron chi connectivity index (χ3n) is 3.94. The maximum Gasteiger partial charge on any atom is 0.258 e. The first-order valence-electron chi connectivity index (χ1n) is 7.63. The fourth-order valence-electron chi connectivity index (χ4n) is 2.74. The third kappa shape index (κ3) is 3.11. The smallest absolute Gasteiger partial charge is 0.258 e. The molecule has 0 saturated heterocycles. The Kier molecular flexibility index (Phi) is 4.51. The van der Waals surface area contributed by atoms with Gasteiger partial charge in [0.2, 0.25) is 10.0 Å². The van der Waals surface area contributed by atoms with Crippen molar-refractivity contribution in [3.05, 3.63) is 72.3 Å². The van der Waals surface area contributed by atoms with Crippen LogP contribution in [0.15, 0.2) is 66.1 Å². The molecule has 1 N–H and O–H groups in total. The van der Waals surface area contributed by atoms with Crippen LogP contribution in [0.1, 0.15) is 15.9 Å². The number of benzene rings is 2. The number of fused-ring (bicyclic) bond motifs is 1. The van der Waals surface area contributed by atoms with Gasteiger partial charge in [0.25, 0.3) is 5.91 Å². The van der Waals surface area contributed by atoms with E-state index in [9.17, 15) is 13.2 Å². The van der Waals surface area contributed by atoms with Crippen LogP contribution in [0.3, 0.4) is 0 Å². The molecule has 124 valence electrons. The monoisotopic (exact) mass is 342 g/mol. The van der Waals surface area contributed by atoms with E-state index in [0.29, 0.717) is 18.5 Å². The first-order chi connectivity index (χ1) is 11.5. The lowest BCUT2D eigenvalue weighted by molar-refractivity contribution is 0.0989. The van der Waals surface area contributed by atoms with E-state index < -0.39 is 10.0 Å². The van der Waals surface area contributed by atoms with E-state index in [1.807, 2.05) is 18.2 Å². The van der Waals surface area contributed by atoms with Gasteiger partial charge in [-0.25, -0.2) is 13.1 Å². The van der Waals surface area contributed by atoms with Crippen LogP contribution in [0.5, 0.6) is 0 Å². The highest BCUT2D eigenvalue weighted by molar-refractivity contribution is 7.89. The minimum Gasteiger partial charge on any atom is -0.308 e. The zero-order chi connectivity index (χ0) is 17.2. The molecule has 2 aromatic rings. The normalized spacial score (nSPS) is 13.6. The van der Waals surface area contributed by atoms with Crippen LogP contribution in [-0.2, 0) is 16.4 Å². The molecule has 6 heteroatoms. The van der Waals surface area contributed by atoms with E-state index in [1.165, 1.54) is 12.1 Å². The lowest BCUT2D eigenvalue weighted by Crippen LogP contribution is -2.28. The first kappa shape index (κ1) is 16.4. The number of amides is 1. The Balaban J connectivity index is 1.89. The number of sulfonamides is 1. The van der Waals surface area contributed by atoms with E-state index in [2.05, 4.69) is 11.3 Å². The van der Waals surface area contributed by atoms with E-state index in [4.69, 9.17) is 0 Å². The molecule has 1 heterocycles. The number of anilines is 1. The average Bonchev–Trinajstić information content (AvgIpc) is 3.03. The standard InChI is InChI=1S/C18H18N2O3S/c1-2-11-19-24(22,23)16-8-9-17-15(13-16)10-12-20(17)18(21)14-6-4-3-5-7-14/h2-9,13,19H,1,10-12H2. The topological polar surface area (TPSA) is 66.5 Å². The molecular weight excluding hydrogens is 324 g/mol. The number of carbonyl (C=O) groups excluding carboxylic acids is 1. The van der Waals surface area contributed by atoms with Crippen LogP contribution in [0.4, 0.5) is 5.69 Å². The van der Waals surface area contributed by atoms with Gasteiger partial charge in [-0.2, -0.15) is 0 Å². The van der Waals surface area contributed by atoms with Crippen molar-refractivity contribution >= 4 is 21.6 Å². The van der Waals surface area contributed by atoms with Crippen LogP contribution < -0.4 is 9.62 Å². The molecule has 24 heavy (non-hydrogen) atoms. The molecule has 0 atom stereocenters. The molecule has 0 radical (unpaired) electrons. The molecule has 0 fully saturated rings. The van der Waals surface area contributed by atoms with Gasteiger partial charge in [0, 0.05) is 24.3 Å². The van der Waals surface area contributed by atoms with Gasteiger partial charge in [-0.15, -0.1) is 6.58 Å². The zero-order valence-corrected chi connectivity index (χ0v) is 13.9. The Hall–Kier alpha value is -2.44. The molecule has 1 aliphatic rings. The lowest BCUT2D eigenvalue weighted by atomic mass is 10.1. The number of nitrogens with one attached hydrogen (secondary N) is 1. The molecule has 0 spiro atoms. The molecule has 0 unspecified atom stereocenters. The van der Waals surface area contributed by atoms with Gasteiger partial charge in [0.05, 0.1) is 4.90 Å². The average molecular weight is 342 g/mol. The van der Waals surface area contributed by atoms with Gasteiger partial charge in [-0.1, -0.05) is 24.3 Å². The van der Waals surface area contributed by atoms with Crippen molar-refractivity contribution in [1.82, 2.24) is 4.72 Å². The molecule has 1 amide bonds. The SMILES string of the molecule is C=CCNS(=O)(=O)c1ccc2c(c1)CCN2C(=O)c1ccccc1. The summed E-state index contributed by atoms with van der Waals surface area (Å²) in [4.78, 5) is 14.5. The van der Waals surface area contributed by atoms with Crippen LogP contribution >= 0.6 is 0 Å². The molecule has 0 saturated carbocycles. The molecular formula is C18H18N2O3S. The van der Waals surface area contributed by atoms with Gasteiger partial charge >= 0.3 is 0 Å². The second-order valence-electron chi connectivity index (χ2n) is 5.50. The van der Waals surface area contributed by atoms with Crippen molar-refractivity contribution in [3.63, 3.8) is 0 Å². The van der Waals surface area contributed by atoms with Crippen molar-refractivity contribution in [2.24, 2.45) is 0 Å². The maximum atomic E-state index is 12.6. The lowest BCUT2D eigenvalue weighted by Gasteiger charge is -2.17. The predicted molar refractivity (Wildman–Crippen MR) is 93.7 cm³/mol. The zero-order valence-electron chi connectivity index (χ0n) is 13.1. The minimum atomic E-state index is -3.56. The Morgan fingerprint density at radius 1 is 1.21 bits per heavy atom. The summed E-state index contributed by atoms with van der Waals surface area (Å²) in [5, 5.41) is 0. The highest BCUT2D eigenvalue weighted by Crippen LogP contribution is 2.31. The number of carbonyl (C=O) groups is 1. The summed E-state index contributed by atoms with van der Waals surface area (Å²) >= 11 is 0. The van der Waals surface area contributed by atoms with Gasteiger partial charge in [0.15, 0.2) is 0 Å². The van der Waals surface area contributed by atoms with Gasteiger partial charge in [-0.3, -0.25) is 4.79 Å². The number of rotatable bonds is 5. The van der Waals surface area contributed by atoms with Crippen molar-refractivity contribution in [3.8, 4) is 0 Å². The highest BCUT2D eigenvalue weighted by Gasteiger charge is 2.27. The molecule has 3 rings (SSSR count). The Morgan fingerprint density at radius 3 is 2.67 bits per heavy atom. The van der Waals surface area contributed by atoms with E-state index in [1.54, 1.807) is 29.2 Å². The van der Waals surface area contributed by atoms with Crippen LogP contribution in [0.2, 0.25) is 0 Å². The van der Waals surface area contributed by atoms with Crippen molar-refractivity contribution in [1.29, 1.82) is 0 Å². The number of nitrogens with zero attached hydrogens (tertiary/aromatic N) is 1. The first-order valence-corrected chi connectivity index (χ1v) is 9.11. The number of hydrogen-bond acceptors (Lipinski definition) is 3. The summed E-state index contributed by atoms with van der Waals surface area (Å²) in [5.74, 6) is -0.0743. The summed E-state index contributed by atoms with van der Waals surface area (Å²) < 4.78 is 26.8. The predicted octanol–water partition coefficient (Wildman–Crippen LogP) is 2.35. The fraction of sp³-hybridized carbons (Fsp3) is 0.167. The second-order valence-corrected chi connectivity index (χ2v) is 7.27. The third-order valence-corrected chi connectivity index (χ3v) is 5.36. The van der Waals surface area contributed by atoms with Gasteiger partial charge in [-0.05, 0) is 42.3 Å². The summed E-state index contributed by atoms with van der Waals surface area (Å²) in [7, 11) is -3.56. The molecule has 0 aromatic heterocycles. The Labute approximate surface area is 141 Å². The van der Waals surface area contributed by atoms with Crippen molar-refractivity contribution < 1.29 is 13.2 Å². The van der Waals surface area contributed by atoms with Gasteiger partial charge in [0.1, 0.15) is 0 Å². The van der Waals surface area contributed by atoms with Crippen LogP contribution in [-0.4, -0.2) is 27.4 Å². The van der Waals surface area contributed by atoms with E-state index in [0.717, 1.165) is 11.3 Å². The summed E-state index contributed by atoms with van der Waals surface area (Å²) in [5.41, 5.74) is 2.25. The number of hydrogen-bond donors (Lipinski definition) is 1. The van der Waals surface area contributed by atoms with Crippen molar-refractivity contribution in [2.75, 3.05) is 18.0 Å². The maximum absolute atomic E-state index is 12.6. The summed E-state index contributed by atoms with van der Waals surface area (Å²) in [6, 6.07) is 13.9. The largest absolute Gasteiger partial charge is 0.308 e. The van der Waals surface area contributed by atoms with Crippen molar-refractivity contribution in [2.45, 2.75) is 11.3 Å². The fourth-order valence-corrected chi connectivity index (χ4v) is 3.79. The minimum absolute atomic E-state index is 0.0743. The van der Waals surface area contributed by atoms with Crippen LogP contribution in [0.25, 0.3) is 0 Å².